The molecule has 4 heterocycles. The van der Waals surface area contributed by atoms with Gasteiger partial charge in [0, 0.05) is 36.5 Å². The number of rotatable bonds is 6. The third-order valence-corrected chi connectivity index (χ3v) is 6.74. The number of halogens is 1. The predicted octanol–water partition coefficient (Wildman–Crippen LogP) is 4.87. The lowest BCUT2D eigenvalue weighted by Crippen LogP contribution is -2.30. The number of benzene rings is 1. The largest absolute Gasteiger partial charge is 0.361 e. The summed E-state index contributed by atoms with van der Waals surface area (Å²) < 4.78 is 11.8. The molecule has 9 heteroatoms. The van der Waals surface area contributed by atoms with Gasteiger partial charge in [0.1, 0.15) is 11.3 Å². The van der Waals surface area contributed by atoms with E-state index < -0.39 is 0 Å². The van der Waals surface area contributed by atoms with Gasteiger partial charge >= 0.3 is 0 Å². The van der Waals surface area contributed by atoms with Crippen molar-refractivity contribution in [1.29, 1.82) is 0 Å². The van der Waals surface area contributed by atoms with Crippen LogP contribution in [-0.2, 0) is 13.1 Å². The second-order valence-corrected chi connectivity index (χ2v) is 9.58. The zero-order valence-corrected chi connectivity index (χ0v) is 21.0. The summed E-state index contributed by atoms with van der Waals surface area (Å²) in [6.45, 7) is 9.24. The highest BCUT2D eigenvalue weighted by Crippen LogP contribution is 2.27. The van der Waals surface area contributed by atoms with Gasteiger partial charge in [0.05, 0.1) is 12.2 Å². The molecule has 0 radical (unpaired) electrons. The van der Waals surface area contributed by atoms with Gasteiger partial charge in [-0.3, -0.25) is 14.8 Å². The Labute approximate surface area is 207 Å². The van der Waals surface area contributed by atoms with Crippen LogP contribution in [0.25, 0.3) is 22.6 Å². The number of hydrogen-bond acceptors (Lipinski definition) is 8. The Kier molecular flexibility index (Phi) is 6.85. The lowest BCUT2D eigenvalue weighted by atomic mass is 10.0. The summed E-state index contributed by atoms with van der Waals surface area (Å²) in [7, 11) is 0. The molecule has 0 atom stereocenters. The van der Waals surface area contributed by atoms with Gasteiger partial charge in [0.25, 0.3) is 5.89 Å². The fourth-order valence-electron chi connectivity index (χ4n) is 4.45. The normalized spacial score (nSPS) is 15.5. The number of hydrogen-bond donors (Lipinski definition) is 0. The summed E-state index contributed by atoms with van der Waals surface area (Å²) in [5.41, 5.74) is 5.25. The zero-order valence-electron chi connectivity index (χ0n) is 19.4. The minimum absolute atomic E-state index is 0.472. The number of nitrogens with zero attached hydrogens (tertiary/aromatic N) is 6. The molecule has 0 unspecified atom stereocenters. The molecule has 176 valence electrons. The molecular weight excluding hydrogens is 496 g/mol. The van der Waals surface area contributed by atoms with Gasteiger partial charge in [0.2, 0.25) is 0 Å². The van der Waals surface area contributed by atoms with E-state index in [0.29, 0.717) is 24.0 Å². The van der Waals surface area contributed by atoms with Crippen molar-refractivity contribution in [2.24, 2.45) is 0 Å². The molecule has 0 bridgehead atoms. The van der Waals surface area contributed by atoms with E-state index >= 15 is 0 Å². The van der Waals surface area contributed by atoms with Gasteiger partial charge in [-0.25, -0.2) is 0 Å². The molecule has 1 aromatic carbocycles. The molecule has 0 N–H and O–H groups in total. The number of aromatic nitrogens is 4. The summed E-state index contributed by atoms with van der Waals surface area (Å²) in [4.78, 5) is 13.9. The van der Waals surface area contributed by atoms with Gasteiger partial charge < -0.3 is 9.05 Å². The lowest BCUT2D eigenvalue weighted by Gasteiger charge is -2.22. The van der Waals surface area contributed by atoms with E-state index in [1.165, 1.54) is 16.7 Å². The van der Waals surface area contributed by atoms with Crippen LogP contribution in [0.3, 0.4) is 0 Å². The first kappa shape index (κ1) is 22.9. The number of pyridine rings is 1. The molecule has 0 amide bonds. The summed E-state index contributed by atoms with van der Waals surface area (Å²) in [6, 6.07) is 10.6. The summed E-state index contributed by atoms with van der Waals surface area (Å²) in [5.74, 6) is 1.85. The Morgan fingerprint density at radius 2 is 1.68 bits per heavy atom. The van der Waals surface area contributed by atoms with Gasteiger partial charge in [0.15, 0.2) is 5.82 Å². The molecule has 5 rings (SSSR count). The van der Waals surface area contributed by atoms with Crippen LogP contribution in [-0.4, -0.2) is 56.3 Å². The van der Waals surface area contributed by atoms with Crippen molar-refractivity contribution in [3.05, 3.63) is 70.0 Å². The van der Waals surface area contributed by atoms with Gasteiger partial charge in [-0.2, -0.15) is 4.98 Å². The van der Waals surface area contributed by atoms with Crippen LogP contribution in [0.2, 0.25) is 0 Å². The third kappa shape index (κ3) is 5.11. The highest BCUT2D eigenvalue weighted by molar-refractivity contribution is 9.10. The van der Waals surface area contributed by atoms with Crippen molar-refractivity contribution in [2.75, 3.05) is 26.2 Å². The molecule has 4 aromatic rings. The van der Waals surface area contributed by atoms with Crippen molar-refractivity contribution in [2.45, 2.75) is 33.4 Å². The molecule has 34 heavy (non-hydrogen) atoms. The van der Waals surface area contributed by atoms with Crippen molar-refractivity contribution < 1.29 is 9.05 Å². The first-order chi connectivity index (χ1) is 16.6. The summed E-state index contributed by atoms with van der Waals surface area (Å²) in [5, 5.41) is 8.17. The zero-order chi connectivity index (χ0) is 23.5. The van der Waals surface area contributed by atoms with E-state index in [2.05, 4.69) is 76.3 Å². The van der Waals surface area contributed by atoms with Gasteiger partial charge in [-0.05, 0) is 68.2 Å². The van der Waals surface area contributed by atoms with Crippen molar-refractivity contribution in [3.8, 4) is 22.6 Å². The van der Waals surface area contributed by atoms with Crippen molar-refractivity contribution in [3.63, 3.8) is 0 Å². The van der Waals surface area contributed by atoms with E-state index in [4.69, 9.17) is 9.05 Å². The molecule has 1 saturated heterocycles. The van der Waals surface area contributed by atoms with E-state index in [1.54, 1.807) is 0 Å². The fraction of sp³-hybridized carbons (Fsp3) is 0.360. The smallest absolute Gasteiger partial charge is 0.263 e. The first-order valence-electron chi connectivity index (χ1n) is 11.5. The fourth-order valence-corrected chi connectivity index (χ4v) is 4.72. The minimum Gasteiger partial charge on any atom is -0.361 e. The second kappa shape index (κ2) is 10.2. The van der Waals surface area contributed by atoms with E-state index in [0.717, 1.165) is 54.9 Å². The van der Waals surface area contributed by atoms with Crippen molar-refractivity contribution in [1.82, 2.24) is 30.1 Å². The second-order valence-electron chi connectivity index (χ2n) is 8.66. The minimum atomic E-state index is 0.472. The Balaban J connectivity index is 1.22. The molecule has 3 aromatic heterocycles. The SMILES string of the molecule is Cc1noc(C)c1-c1nc(CN2CCCN(Cc3cnccc3-c3ccc(Br)cc3)CC2)no1. The Hall–Kier alpha value is -2.88. The first-order valence-corrected chi connectivity index (χ1v) is 12.3. The molecule has 8 nitrogen and oxygen atoms in total. The molecule has 1 fully saturated rings. The van der Waals surface area contributed by atoms with Crippen LogP contribution >= 0.6 is 15.9 Å². The standard InChI is InChI=1S/C25H27BrN6O2/c1-17-24(18(2)33-29-17)25-28-23(30-34-25)16-32-11-3-10-31(12-13-32)15-20-14-27-9-8-22(20)19-4-6-21(26)7-5-19/h4-9,14H,3,10-13,15-16H2,1-2H3. The average molecular weight is 523 g/mol. The molecule has 1 aliphatic rings. The lowest BCUT2D eigenvalue weighted by molar-refractivity contribution is 0.241. The quantitative estimate of drug-likeness (QED) is 0.354. The highest BCUT2D eigenvalue weighted by Gasteiger charge is 2.21. The highest BCUT2D eigenvalue weighted by atomic mass is 79.9. The van der Waals surface area contributed by atoms with Crippen LogP contribution in [0, 0.1) is 13.8 Å². The maximum atomic E-state index is 5.50. The third-order valence-electron chi connectivity index (χ3n) is 6.21. The van der Waals surface area contributed by atoms with Crippen LogP contribution < -0.4 is 0 Å². The monoisotopic (exact) mass is 522 g/mol. The topological polar surface area (TPSA) is 84.3 Å². The maximum absolute atomic E-state index is 5.50. The Morgan fingerprint density at radius 3 is 2.41 bits per heavy atom. The van der Waals surface area contributed by atoms with Crippen LogP contribution in [0.15, 0.2) is 56.2 Å². The van der Waals surface area contributed by atoms with Crippen molar-refractivity contribution >= 4 is 15.9 Å². The van der Waals surface area contributed by atoms with Gasteiger partial charge in [-0.15, -0.1) is 0 Å². The Bertz CT molecular complexity index is 1230. The molecule has 0 aliphatic carbocycles. The van der Waals surface area contributed by atoms with E-state index in [-0.39, 0.29) is 0 Å². The average Bonchev–Trinajstić information content (AvgIpc) is 3.35. The van der Waals surface area contributed by atoms with E-state index in [1.807, 2.05) is 26.2 Å². The van der Waals surface area contributed by atoms with E-state index in [9.17, 15) is 0 Å². The van der Waals surface area contributed by atoms with Gasteiger partial charge in [-0.1, -0.05) is 38.4 Å². The predicted molar refractivity (Wildman–Crippen MR) is 132 cm³/mol. The maximum Gasteiger partial charge on any atom is 0.263 e. The van der Waals surface area contributed by atoms with Crippen LogP contribution in [0.1, 0.15) is 29.3 Å². The summed E-state index contributed by atoms with van der Waals surface area (Å²) >= 11 is 3.52. The van der Waals surface area contributed by atoms with Crippen LogP contribution in [0.4, 0.5) is 0 Å². The molecular formula is C25H27BrN6O2. The molecule has 0 spiro atoms. The Morgan fingerprint density at radius 1 is 0.912 bits per heavy atom. The summed E-state index contributed by atoms with van der Waals surface area (Å²) in [6.07, 6.45) is 4.95. The number of aryl methyl sites for hydroxylation is 2. The molecule has 1 aliphatic heterocycles. The van der Waals surface area contributed by atoms with Crippen LogP contribution in [0.5, 0.6) is 0 Å². The molecule has 0 saturated carbocycles.